The summed E-state index contributed by atoms with van der Waals surface area (Å²) >= 11 is 11.9. The van der Waals surface area contributed by atoms with Gasteiger partial charge in [-0.05, 0) is 30.7 Å². The van der Waals surface area contributed by atoms with E-state index < -0.39 is 0 Å². The Kier molecular flexibility index (Phi) is 3.24. The van der Waals surface area contributed by atoms with Crippen LogP contribution in [-0.2, 0) is 0 Å². The minimum atomic E-state index is -0.290. The molecule has 1 unspecified atom stereocenters. The molecule has 0 radical (unpaired) electrons. The number of aryl methyl sites for hydroxylation is 1. The molecule has 2 nitrogen and oxygen atoms in total. The minimum Gasteiger partial charge on any atom is -0.469 e. The quantitative estimate of drug-likeness (QED) is 0.883. The molecule has 1 heterocycles. The summed E-state index contributed by atoms with van der Waals surface area (Å²) in [6.07, 6.45) is 1.64. The summed E-state index contributed by atoms with van der Waals surface area (Å²) in [7, 11) is 0. The molecule has 0 aliphatic carbocycles. The standard InChI is InChI=1S/C12H11Cl2NO/c1-7-4-8(6-16-7)12(15)10-3-2-9(13)5-11(10)14/h2-6,12H,15H2,1H3. The van der Waals surface area contributed by atoms with Crippen LogP contribution in [0.4, 0.5) is 0 Å². The number of rotatable bonds is 2. The third-order valence-corrected chi connectivity index (χ3v) is 2.97. The highest BCUT2D eigenvalue weighted by Crippen LogP contribution is 2.29. The van der Waals surface area contributed by atoms with E-state index in [-0.39, 0.29) is 6.04 Å². The minimum absolute atomic E-state index is 0.290. The van der Waals surface area contributed by atoms with Crippen LogP contribution in [0.5, 0.6) is 0 Å². The summed E-state index contributed by atoms with van der Waals surface area (Å²) in [6, 6.07) is 6.90. The second-order valence-electron chi connectivity index (χ2n) is 3.63. The molecule has 2 rings (SSSR count). The van der Waals surface area contributed by atoms with Crippen LogP contribution < -0.4 is 5.73 Å². The average Bonchev–Trinajstić information content (AvgIpc) is 2.64. The Balaban J connectivity index is 2.37. The number of benzene rings is 1. The van der Waals surface area contributed by atoms with Crippen molar-refractivity contribution >= 4 is 23.2 Å². The van der Waals surface area contributed by atoms with E-state index in [1.54, 1.807) is 18.4 Å². The topological polar surface area (TPSA) is 39.2 Å². The number of hydrogen-bond donors (Lipinski definition) is 1. The molecule has 16 heavy (non-hydrogen) atoms. The summed E-state index contributed by atoms with van der Waals surface area (Å²) < 4.78 is 5.22. The molecule has 84 valence electrons. The van der Waals surface area contributed by atoms with Crippen LogP contribution in [0, 0.1) is 6.92 Å². The monoisotopic (exact) mass is 255 g/mol. The Morgan fingerprint density at radius 2 is 2.00 bits per heavy atom. The number of nitrogens with two attached hydrogens (primary N) is 1. The molecule has 4 heteroatoms. The highest BCUT2D eigenvalue weighted by atomic mass is 35.5. The van der Waals surface area contributed by atoms with Crippen molar-refractivity contribution in [3.05, 3.63) is 57.5 Å². The molecule has 1 aromatic carbocycles. The lowest BCUT2D eigenvalue weighted by atomic mass is 10.0. The van der Waals surface area contributed by atoms with Crippen molar-refractivity contribution in [2.75, 3.05) is 0 Å². The molecule has 2 N–H and O–H groups in total. The van der Waals surface area contributed by atoms with Crippen LogP contribution >= 0.6 is 23.2 Å². The van der Waals surface area contributed by atoms with E-state index in [1.165, 1.54) is 0 Å². The maximum atomic E-state index is 6.09. The smallest absolute Gasteiger partial charge is 0.101 e. The van der Waals surface area contributed by atoms with Crippen molar-refractivity contribution in [3.63, 3.8) is 0 Å². The highest BCUT2D eigenvalue weighted by Gasteiger charge is 2.14. The van der Waals surface area contributed by atoms with Gasteiger partial charge in [-0.2, -0.15) is 0 Å². The lowest BCUT2D eigenvalue weighted by Crippen LogP contribution is -2.11. The van der Waals surface area contributed by atoms with E-state index in [4.69, 9.17) is 33.4 Å². The Labute approximate surface area is 104 Å². The van der Waals surface area contributed by atoms with E-state index >= 15 is 0 Å². The van der Waals surface area contributed by atoms with Gasteiger partial charge in [0.25, 0.3) is 0 Å². The molecule has 1 aromatic heterocycles. The lowest BCUT2D eigenvalue weighted by molar-refractivity contribution is 0.530. The van der Waals surface area contributed by atoms with Crippen LogP contribution in [0.2, 0.25) is 10.0 Å². The first-order chi connectivity index (χ1) is 7.58. The van der Waals surface area contributed by atoms with Crippen molar-refractivity contribution < 1.29 is 4.42 Å². The van der Waals surface area contributed by atoms with Crippen molar-refractivity contribution in [1.82, 2.24) is 0 Å². The van der Waals surface area contributed by atoms with Crippen LogP contribution in [0.25, 0.3) is 0 Å². The summed E-state index contributed by atoms with van der Waals surface area (Å²) in [6.45, 7) is 1.87. The fourth-order valence-corrected chi connectivity index (χ4v) is 2.09. The number of furan rings is 1. The molecule has 2 aromatic rings. The largest absolute Gasteiger partial charge is 0.469 e. The van der Waals surface area contributed by atoms with Crippen molar-refractivity contribution in [2.45, 2.75) is 13.0 Å². The molecule has 0 saturated heterocycles. The molecule has 0 aliphatic rings. The predicted molar refractivity (Wildman–Crippen MR) is 65.9 cm³/mol. The van der Waals surface area contributed by atoms with Gasteiger partial charge >= 0.3 is 0 Å². The predicted octanol–water partition coefficient (Wildman–Crippen LogP) is 3.94. The van der Waals surface area contributed by atoms with Gasteiger partial charge in [0.2, 0.25) is 0 Å². The Bertz CT molecular complexity index is 507. The highest BCUT2D eigenvalue weighted by molar-refractivity contribution is 6.35. The number of hydrogen-bond acceptors (Lipinski definition) is 2. The Hall–Kier alpha value is -0.960. The second-order valence-corrected chi connectivity index (χ2v) is 4.48. The molecule has 0 bridgehead atoms. The van der Waals surface area contributed by atoms with Gasteiger partial charge in [-0.15, -0.1) is 0 Å². The van der Waals surface area contributed by atoms with Gasteiger partial charge in [0.15, 0.2) is 0 Å². The van der Waals surface area contributed by atoms with Gasteiger partial charge in [-0.3, -0.25) is 0 Å². The van der Waals surface area contributed by atoms with Crippen molar-refractivity contribution in [3.8, 4) is 0 Å². The van der Waals surface area contributed by atoms with Gasteiger partial charge < -0.3 is 10.2 Å². The maximum absolute atomic E-state index is 6.09. The van der Waals surface area contributed by atoms with Crippen molar-refractivity contribution in [2.24, 2.45) is 5.73 Å². The third kappa shape index (κ3) is 2.24. The molecule has 1 atom stereocenters. The van der Waals surface area contributed by atoms with Crippen LogP contribution in [0.15, 0.2) is 34.9 Å². The first-order valence-electron chi connectivity index (χ1n) is 4.83. The summed E-state index contributed by atoms with van der Waals surface area (Å²) in [5, 5.41) is 1.17. The van der Waals surface area contributed by atoms with Crippen LogP contribution in [0.1, 0.15) is 22.9 Å². The maximum Gasteiger partial charge on any atom is 0.101 e. The molecule has 0 saturated carbocycles. The molecule has 0 spiro atoms. The van der Waals surface area contributed by atoms with E-state index in [2.05, 4.69) is 0 Å². The van der Waals surface area contributed by atoms with E-state index in [0.717, 1.165) is 16.9 Å². The zero-order chi connectivity index (χ0) is 11.7. The van der Waals surface area contributed by atoms with E-state index in [1.807, 2.05) is 19.1 Å². The van der Waals surface area contributed by atoms with Gasteiger partial charge in [0.1, 0.15) is 5.76 Å². The lowest BCUT2D eigenvalue weighted by Gasteiger charge is -2.11. The summed E-state index contributed by atoms with van der Waals surface area (Å²) in [4.78, 5) is 0. The van der Waals surface area contributed by atoms with Crippen LogP contribution in [0.3, 0.4) is 0 Å². The van der Waals surface area contributed by atoms with Gasteiger partial charge in [0.05, 0.1) is 12.3 Å². The first-order valence-corrected chi connectivity index (χ1v) is 5.59. The number of halogens is 2. The molecular formula is C12H11Cl2NO. The van der Waals surface area contributed by atoms with Crippen LogP contribution in [-0.4, -0.2) is 0 Å². The third-order valence-electron chi connectivity index (χ3n) is 2.41. The molecule has 0 aliphatic heterocycles. The Morgan fingerprint density at radius 3 is 2.56 bits per heavy atom. The zero-order valence-electron chi connectivity index (χ0n) is 8.71. The molecular weight excluding hydrogens is 245 g/mol. The normalized spacial score (nSPS) is 12.8. The molecule has 0 amide bonds. The zero-order valence-corrected chi connectivity index (χ0v) is 10.2. The first kappa shape index (κ1) is 11.5. The van der Waals surface area contributed by atoms with E-state index in [0.29, 0.717) is 10.0 Å². The van der Waals surface area contributed by atoms with Gasteiger partial charge in [0, 0.05) is 15.6 Å². The SMILES string of the molecule is Cc1cc(C(N)c2ccc(Cl)cc2Cl)co1. The summed E-state index contributed by atoms with van der Waals surface area (Å²) in [5.74, 6) is 0.829. The fourth-order valence-electron chi connectivity index (χ4n) is 1.56. The Morgan fingerprint density at radius 1 is 1.25 bits per heavy atom. The van der Waals surface area contributed by atoms with E-state index in [9.17, 15) is 0 Å². The summed E-state index contributed by atoms with van der Waals surface area (Å²) in [5.41, 5.74) is 7.84. The molecule has 0 fully saturated rings. The fraction of sp³-hybridized carbons (Fsp3) is 0.167. The van der Waals surface area contributed by atoms with Gasteiger partial charge in [-0.1, -0.05) is 29.3 Å². The van der Waals surface area contributed by atoms with Gasteiger partial charge in [-0.25, -0.2) is 0 Å². The second kappa shape index (κ2) is 4.50. The average molecular weight is 256 g/mol. The van der Waals surface area contributed by atoms with Crippen molar-refractivity contribution in [1.29, 1.82) is 0 Å².